The summed E-state index contributed by atoms with van der Waals surface area (Å²) in [7, 11) is 0. The van der Waals surface area contributed by atoms with Crippen molar-refractivity contribution in [3.63, 3.8) is 0 Å². The maximum atomic E-state index is 6.74. The molecule has 5 heteroatoms. The lowest BCUT2D eigenvalue weighted by atomic mass is 9.91. The monoisotopic (exact) mass is 442 g/mol. The predicted octanol–water partition coefficient (Wildman–Crippen LogP) is 6.99. The summed E-state index contributed by atoms with van der Waals surface area (Å²) in [6, 6.07) is 21.2. The molecular weight excluding hydrogens is 425 g/mol. The van der Waals surface area contributed by atoms with E-state index in [4.69, 9.17) is 28.9 Å². The average Bonchev–Trinajstić information content (AvgIpc) is 2.78. The Bertz CT molecular complexity index is 1450. The highest BCUT2D eigenvalue weighted by atomic mass is 35.5. The third-order valence-electron chi connectivity index (χ3n) is 5.56. The Labute approximate surface area is 190 Å². The van der Waals surface area contributed by atoms with Crippen molar-refractivity contribution in [1.29, 1.82) is 0 Å². The molecule has 1 radical (unpaired) electrons. The third kappa shape index (κ3) is 3.66. The Morgan fingerprint density at radius 2 is 1.35 bits per heavy atom. The third-order valence-corrected chi connectivity index (χ3v) is 6.03. The molecule has 0 amide bonds. The van der Waals surface area contributed by atoms with Crippen LogP contribution in [0.1, 0.15) is 22.7 Å². The van der Waals surface area contributed by atoms with E-state index >= 15 is 0 Å². The summed E-state index contributed by atoms with van der Waals surface area (Å²) >= 11 is 12.3. The average molecular weight is 443 g/mol. The van der Waals surface area contributed by atoms with Crippen LogP contribution >= 0.6 is 23.2 Å². The molecule has 2 N–H and O–H groups in total. The van der Waals surface area contributed by atoms with Crippen LogP contribution in [0, 0.1) is 6.92 Å². The van der Waals surface area contributed by atoms with E-state index < -0.39 is 0 Å². The van der Waals surface area contributed by atoms with Gasteiger partial charge in [-0.1, -0.05) is 47.5 Å². The van der Waals surface area contributed by atoms with Gasteiger partial charge in [0.15, 0.2) is 0 Å². The van der Waals surface area contributed by atoms with E-state index in [1.54, 1.807) is 12.4 Å². The fraction of sp³-hybridized carbons (Fsp3) is 0.0385. The Hall–Kier alpha value is -2.98. The minimum Gasteiger partial charge on any atom is -0.320 e. The molecule has 5 aromatic rings. The summed E-state index contributed by atoms with van der Waals surface area (Å²) in [5.74, 6) is 0. The van der Waals surface area contributed by atoms with Crippen molar-refractivity contribution in [2.24, 2.45) is 5.73 Å². The normalized spacial score (nSPS) is 12.4. The molecule has 2 heterocycles. The summed E-state index contributed by atoms with van der Waals surface area (Å²) in [6.45, 7) is 4.24. The summed E-state index contributed by atoms with van der Waals surface area (Å²) < 4.78 is 0. The largest absolute Gasteiger partial charge is 0.320 e. The summed E-state index contributed by atoms with van der Waals surface area (Å²) in [6.07, 6.45) is 3.56. The molecule has 5 rings (SSSR count). The van der Waals surface area contributed by atoms with Gasteiger partial charge in [0.1, 0.15) is 0 Å². The number of hydrogen-bond donors (Lipinski definition) is 1. The van der Waals surface area contributed by atoms with Gasteiger partial charge in [0, 0.05) is 33.2 Å². The zero-order valence-electron chi connectivity index (χ0n) is 16.5. The molecule has 1 unspecified atom stereocenters. The van der Waals surface area contributed by atoms with E-state index in [0.29, 0.717) is 10.0 Å². The highest BCUT2D eigenvalue weighted by Gasteiger charge is 2.16. The Kier molecular flexibility index (Phi) is 5.11. The second-order valence-corrected chi connectivity index (χ2v) is 8.35. The zero-order valence-corrected chi connectivity index (χ0v) is 18.0. The second-order valence-electron chi connectivity index (χ2n) is 7.48. The Morgan fingerprint density at radius 3 is 2.10 bits per heavy atom. The molecule has 151 valence electrons. The number of nitrogens with zero attached hydrogens (tertiary/aromatic N) is 2. The van der Waals surface area contributed by atoms with Crippen LogP contribution in [0.2, 0.25) is 10.0 Å². The molecule has 2 aromatic heterocycles. The Morgan fingerprint density at radius 1 is 0.710 bits per heavy atom. The Balaban J connectivity index is 1.65. The first kappa shape index (κ1) is 20.0. The maximum Gasteiger partial charge on any atom is 0.0723 e. The van der Waals surface area contributed by atoms with Gasteiger partial charge in [-0.2, -0.15) is 0 Å². The van der Waals surface area contributed by atoms with Gasteiger partial charge in [0.05, 0.1) is 17.1 Å². The number of benzene rings is 3. The SMILES string of the molecule is [CH2]c1ccc(C(N)c2ccnc3cc(Cl)ccc23)cc1-c1ccnc2cc(Cl)ccc12. The molecule has 3 nitrogen and oxygen atoms in total. The van der Waals surface area contributed by atoms with Gasteiger partial charge in [-0.3, -0.25) is 9.97 Å². The van der Waals surface area contributed by atoms with Crippen molar-refractivity contribution >= 4 is 45.0 Å². The van der Waals surface area contributed by atoms with E-state index in [2.05, 4.69) is 23.0 Å². The molecule has 0 bridgehead atoms. The first-order valence-corrected chi connectivity index (χ1v) is 10.6. The van der Waals surface area contributed by atoms with E-state index in [0.717, 1.165) is 49.6 Å². The first-order chi connectivity index (χ1) is 15.0. The van der Waals surface area contributed by atoms with Gasteiger partial charge in [-0.05, 0) is 77.2 Å². The molecular formula is C26H18Cl2N3. The second kappa shape index (κ2) is 7.93. The zero-order chi connectivity index (χ0) is 21.5. The minimum atomic E-state index is -0.325. The topological polar surface area (TPSA) is 51.8 Å². The number of fused-ring (bicyclic) bond motifs is 2. The maximum absolute atomic E-state index is 6.74. The number of nitrogens with two attached hydrogens (primary N) is 1. The van der Waals surface area contributed by atoms with Gasteiger partial charge in [0.25, 0.3) is 0 Å². The fourth-order valence-electron chi connectivity index (χ4n) is 3.99. The number of halogens is 2. The fourth-order valence-corrected chi connectivity index (χ4v) is 4.32. The molecule has 0 spiro atoms. The molecule has 0 aliphatic carbocycles. The molecule has 0 fully saturated rings. The van der Waals surface area contributed by atoms with Gasteiger partial charge in [0.2, 0.25) is 0 Å². The molecule has 1 atom stereocenters. The lowest BCUT2D eigenvalue weighted by molar-refractivity contribution is 0.879. The van der Waals surface area contributed by atoms with Crippen LogP contribution in [-0.2, 0) is 0 Å². The van der Waals surface area contributed by atoms with Crippen molar-refractivity contribution < 1.29 is 0 Å². The van der Waals surface area contributed by atoms with Crippen molar-refractivity contribution in [1.82, 2.24) is 9.97 Å². The standard InChI is InChI=1S/C26H18Cl2N3/c1-15-2-3-16(26(29)22-9-11-31-25-14-18(28)5-7-21(22)25)12-23(15)19-8-10-30-24-13-17(27)4-6-20(19)24/h2-14,26H,1,29H2. The first-order valence-electron chi connectivity index (χ1n) is 9.81. The van der Waals surface area contributed by atoms with Crippen LogP contribution in [0.5, 0.6) is 0 Å². The van der Waals surface area contributed by atoms with Crippen molar-refractivity contribution in [2.75, 3.05) is 0 Å². The van der Waals surface area contributed by atoms with Crippen molar-refractivity contribution in [2.45, 2.75) is 6.04 Å². The number of hydrogen-bond acceptors (Lipinski definition) is 3. The molecule has 31 heavy (non-hydrogen) atoms. The molecule has 0 aliphatic rings. The highest BCUT2D eigenvalue weighted by molar-refractivity contribution is 6.31. The van der Waals surface area contributed by atoms with Crippen LogP contribution in [0.25, 0.3) is 32.9 Å². The number of pyridine rings is 2. The van der Waals surface area contributed by atoms with Gasteiger partial charge in [-0.25, -0.2) is 0 Å². The molecule has 3 aromatic carbocycles. The predicted molar refractivity (Wildman–Crippen MR) is 129 cm³/mol. The van der Waals surface area contributed by atoms with Crippen molar-refractivity contribution in [3.8, 4) is 11.1 Å². The lowest BCUT2D eigenvalue weighted by Gasteiger charge is -2.18. The van der Waals surface area contributed by atoms with Gasteiger partial charge < -0.3 is 5.73 Å². The molecule has 0 saturated carbocycles. The van der Waals surface area contributed by atoms with Crippen LogP contribution in [0.4, 0.5) is 0 Å². The van der Waals surface area contributed by atoms with E-state index in [1.165, 1.54) is 0 Å². The summed E-state index contributed by atoms with van der Waals surface area (Å²) in [5, 5.41) is 3.32. The van der Waals surface area contributed by atoms with Gasteiger partial charge >= 0.3 is 0 Å². The lowest BCUT2D eigenvalue weighted by Crippen LogP contribution is -2.13. The summed E-state index contributed by atoms with van der Waals surface area (Å²) in [5.41, 5.74) is 13.4. The molecule has 0 saturated heterocycles. The molecule has 0 aliphatic heterocycles. The van der Waals surface area contributed by atoms with E-state index in [9.17, 15) is 0 Å². The van der Waals surface area contributed by atoms with Crippen LogP contribution < -0.4 is 5.73 Å². The quantitative estimate of drug-likeness (QED) is 0.327. The summed E-state index contributed by atoms with van der Waals surface area (Å²) in [4.78, 5) is 8.89. The van der Waals surface area contributed by atoms with Crippen LogP contribution in [-0.4, -0.2) is 9.97 Å². The van der Waals surface area contributed by atoms with E-state index in [-0.39, 0.29) is 6.04 Å². The van der Waals surface area contributed by atoms with Gasteiger partial charge in [-0.15, -0.1) is 0 Å². The van der Waals surface area contributed by atoms with Crippen molar-refractivity contribution in [3.05, 3.63) is 113 Å². The van der Waals surface area contributed by atoms with Crippen LogP contribution in [0.3, 0.4) is 0 Å². The van der Waals surface area contributed by atoms with Crippen LogP contribution in [0.15, 0.2) is 79.1 Å². The minimum absolute atomic E-state index is 0.325. The number of rotatable bonds is 3. The van der Waals surface area contributed by atoms with E-state index in [1.807, 2.05) is 60.7 Å². The highest BCUT2D eigenvalue weighted by Crippen LogP contribution is 2.34. The number of aromatic nitrogens is 2. The smallest absolute Gasteiger partial charge is 0.0723 e.